The molecule has 9 heteroatoms. The van der Waals surface area contributed by atoms with Gasteiger partial charge in [0, 0.05) is 30.8 Å². The minimum Gasteiger partial charge on any atom is -0.508 e. The number of hydrogen-bond donors (Lipinski definition) is 2. The highest BCUT2D eigenvalue weighted by Gasteiger charge is 2.24. The monoisotopic (exact) mass is 405 g/mol. The van der Waals surface area contributed by atoms with Gasteiger partial charge < -0.3 is 20.1 Å². The number of nitro groups is 1. The molecule has 8 nitrogen and oxygen atoms in total. The lowest BCUT2D eigenvalue weighted by molar-refractivity contribution is -0.384. The van der Waals surface area contributed by atoms with Crippen LogP contribution in [0.1, 0.15) is 18.4 Å². The van der Waals surface area contributed by atoms with Crippen molar-refractivity contribution in [3.05, 3.63) is 63.2 Å². The number of anilines is 1. The fourth-order valence-electron chi connectivity index (χ4n) is 3.02. The molecule has 2 aromatic carbocycles. The number of phenols is 1. The van der Waals surface area contributed by atoms with Gasteiger partial charge in [-0.1, -0.05) is 29.8 Å². The van der Waals surface area contributed by atoms with Gasteiger partial charge in [-0.3, -0.25) is 10.1 Å². The van der Waals surface area contributed by atoms with Crippen molar-refractivity contribution < 1.29 is 19.6 Å². The zero-order valence-corrected chi connectivity index (χ0v) is 15.8. The van der Waals surface area contributed by atoms with Crippen LogP contribution in [0.4, 0.5) is 16.2 Å². The molecule has 1 saturated heterocycles. The lowest BCUT2D eigenvalue weighted by Gasteiger charge is -2.26. The third-order valence-corrected chi connectivity index (χ3v) is 4.81. The van der Waals surface area contributed by atoms with E-state index in [1.54, 1.807) is 24.3 Å². The zero-order valence-electron chi connectivity index (χ0n) is 15.0. The van der Waals surface area contributed by atoms with E-state index in [1.807, 2.05) is 0 Å². The molecule has 1 aliphatic rings. The highest BCUT2D eigenvalue weighted by molar-refractivity contribution is 6.33. The Bertz CT molecular complexity index is 870. The maximum Gasteiger partial charge on any atom is 0.322 e. The number of ether oxygens (including phenoxy) is 1. The average Bonchev–Trinajstić information content (AvgIpc) is 3.17. The quantitative estimate of drug-likeness (QED) is 0.554. The molecule has 0 aliphatic carbocycles. The number of amides is 2. The van der Waals surface area contributed by atoms with E-state index in [0.29, 0.717) is 18.7 Å². The minimum atomic E-state index is -0.556. The van der Waals surface area contributed by atoms with Crippen LogP contribution in [0.3, 0.4) is 0 Å². The van der Waals surface area contributed by atoms with Crippen LogP contribution in [-0.4, -0.2) is 40.2 Å². The first-order valence-electron chi connectivity index (χ1n) is 8.82. The maximum atomic E-state index is 12.9. The topological polar surface area (TPSA) is 105 Å². The normalized spacial score (nSPS) is 16.0. The molecule has 0 saturated carbocycles. The average molecular weight is 406 g/mol. The smallest absolute Gasteiger partial charge is 0.322 e. The molecular weight excluding hydrogens is 386 g/mol. The van der Waals surface area contributed by atoms with Gasteiger partial charge in [0.15, 0.2) is 0 Å². The van der Waals surface area contributed by atoms with Crippen molar-refractivity contribution in [2.75, 3.05) is 18.5 Å². The molecule has 1 aliphatic heterocycles. The van der Waals surface area contributed by atoms with Crippen LogP contribution in [-0.2, 0) is 11.3 Å². The van der Waals surface area contributed by atoms with E-state index in [-0.39, 0.29) is 34.8 Å². The molecule has 2 amide bonds. The Morgan fingerprint density at radius 1 is 1.36 bits per heavy atom. The molecule has 148 valence electrons. The third-order valence-electron chi connectivity index (χ3n) is 4.49. The van der Waals surface area contributed by atoms with E-state index in [1.165, 1.54) is 23.1 Å². The Morgan fingerprint density at radius 2 is 2.14 bits per heavy atom. The van der Waals surface area contributed by atoms with Crippen LogP contribution in [0.5, 0.6) is 5.75 Å². The molecule has 3 rings (SSSR count). The minimum absolute atomic E-state index is 0.0715. The summed E-state index contributed by atoms with van der Waals surface area (Å²) in [6.45, 7) is 1.19. The van der Waals surface area contributed by atoms with Crippen molar-refractivity contribution in [1.29, 1.82) is 0 Å². The van der Waals surface area contributed by atoms with E-state index in [9.17, 15) is 20.0 Å². The number of carbonyl (C=O) groups is 1. The Kier molecular flexibility index (Phi) is 6.33. The van der Waals surface area contributed by atoms with Gasteiger partial charge in [0.25, 0.3) is 5.69 Å². The van der Waals surface area contributed by atoms with E-state index in [4.69, 9.17) is 16.3 Å². The number of halogens is 1. The van der Waals surface area contributed by atoms with Crippen LogP contribution in [0.2, 0.25) is 5.02 Å². The molecule has 2 aromatic rings. The van der Waals surface area contributed by atoms with Crippen molar-refractivity contribution in [2.45, 2.75) is 25.5 Å². The highest BCUT2D eigenvalue weighted by atomic mass is 35.5. The van der Waals surface area contributed by atoms with Crippen molar-refractivity contribution in [3.8, 4) is 5.75 Å². The number of urea groups is 1. The number of rotatable bonds is 6. The number of nitrogens with zero attached hydrogens (tertiary/aromatic N) is 2. The van der Waals surface area contributed by atoms with Gasteiger partial charge in [0.05, 0.1) is 28.3 Å². The van der Waals surface area contributed by atoms with Gasteiger partial charge in [-0.05, 0) is 25.0 Å². The number of non-ortho nitro benzene ring substituents is 1. The molecule has 0 bridgehead atoms. The molecule has 1 atom stereocenters. The Labute approximate surface area is 166 Å². The van der Waals surface area contributed by atoms with Crippen molar-refractivity contribution >= 4 is 29.0 Å². The van der Waals surface area contributed by atoms with Crippen molar-refractivity contribution in [3.63, 3.8) is 0 Å². The largest absolute Gasteiger partial charge is 0.508 e. The highest BCUT2D eigenvalue weighted by Crippen LogP contribution is 2.27. The van der Waals surface area contributed by atoms with E-state index in [0.717, 1.165) is 12.8 Å². The number of phenolic OH excluding ortho intramolecular Hbond substituents is 1. The SMILES string of the molecule is O=C(Nc1ccc([N+](=O)[O-])cc1Cl)N(Cc1ccccc1O)C[C@@H]1CCCO1. The Hall–Kier alpha value is -2.84. The Morgan fingerprint density at radius 3 is 2.79 bits per heavy atom. The second-order valence-electron chi connectivity index (χ2n) is 6.50. The molecule has 0 unspecified atom stereocenters. The molecule has 28 heavy (non-hydrogen) atoms. The van der Waals surface area contributed by atoms with Crippen LogP contribution in [0, 0.1) is 10.1 Å². The first-order chi connectivity index (χ1) is 13.4. The van der Waals surface area contributed by atoms with E-state index < -0.39 is 11.0 Å². The molecule has 1 fully saturated rings. The fourth-order valence-corrected chi connectivity index (χ4v) is 3.24. The zero-order chi connectivity index (χ0) is 20.1. The van der Waals surface area contributed by atoms with Crippen LogP contribution >= 0.6 is 11.6 Å². The van der Waals surface area contributed by atoms with E-state index in [2.05, 4.69) is 5.32 Å². The maximum absolute atomic E-state index is 12.9. The van der Waals surface area contributed by atoms with Crippen LogP contribution in [0.25, 0.3) is 0 Å². The number of benzene rings is 2. The second kappa shape index (κ2) is 8.90. The van der Waals surface area contributed by atoms with Crippen LogP contribution in [0.15, 0.2) is 42.5 Å². The van der Waals surface area contributed by atoms with Gasteiger partial charge in [-0.25, -0.2) is 4.79 Å². The predicted octanol–water partition coefficient (Wildman–Crippen LogP) is 4.17. The summed E-state index contributed by atoms with van der Waals surface area (Å²) >= 11 is 6.08. The summed E-state index contributed by atoms with van der Waals surface area (Å²) in [7, 11) is 0. The number of carbonyl (C=O) groups excluding carboxylic acids is 1. The number of para-hydroxylation sites is 1. The third kappa shape index (κ3) is 4.90. The predicted molar refractivity (Wildman–Crippen MR) is 105 cm³/mol. The second-order valence-corrected chi connectivity index (χ2v) is 6.90. The number of hydrogen-bond acceptors (Lipinski definition) is 5. The van der Waals surface area contributed by atoms with Crippen LogP contribution < -0.4 is 5.32 Å². The summed E-state index contributed by atoms with van der Waals surface area (Å²) in [6, 6.07) is 10.2. The van der Waals surface area contributed by atoms with Gasteiger partial charge in [-0.2, -0.15) is 0 Å². The summed E-state index contributed by atoms with van der Waals surface area (Å²) in [4.78, 5) is 24.7. The van der Waals surface area contributed by atoms with E-state index >= 15 is 0 Å². The Balaban J connectivity index is 1.77. The molecular formula is C19H20ClN3O5. The first kappa shape index (κ1) is 19.9. The van der Waals surface area contributed by atoms with Crippen molar-refractivity contribution in [2.24, 2.45) is 0 Å². The lowest BCUT2D eigenvalue weighted by Crippen LogP contribution is -2.39. The van der Waals surface area contributed by atoms with Gasteiger partial charge >= 0.3 is 6.03 Å². The number of nitro benzene ring substituents is 1. The van der Waals surface area contributed by atoms with Gasteiger partial charge in [-0.15, -0.1) is 0 Å². The number of nitrogens with one attached hydrogen (secondary N) is 1. The molecule has 0 spiro atoms. The van der Waals surface area contributed by atoms with Gasteiger partial charge in [0.1, 0.15) is 5.75 Å². The summed E-state index contributed by atoms with van der Waals surface area (Å²) in [5, 5.41) is 23.6. The lowest BCUT2D eigenvalue weighted by atomic mass is 10.1. The fraction of sp³-hybridized carbons (Fsp3) is 0.316. The first-order valence-corrected chi connectivity index (χ1v) is 9.20. The summed E-state index contributed by atoms with van der Waals surface area (Å²) < 4.78 is 5.63. The molecule has 2 N–H and O–H groups in total. The molecule has 0 aromatic heterocycles. The summed E-state index contributed by atoms with van der Waals surface area (Å²) in [5.74, 6) is 0.0982. The summed E-state index contributed by atoms with van der Waals surface area (Å²) in [6.07, 6.45) is 1.71. The molecule has 0 radical (unpaired) electrons. The molecule has 1 heterocycles. The standard InChI is InChI=1S/C19H20ClN3O5/c20-16-10-14(23(26)27)7-8-17(16)21-19(25)22(12-15-5-3-9-28-15)11-13-4-1-2-6-18(13)24/h1-2,4,6-8,10,15,24H,3,5,9,11-12H2,(H,21,25)/t15-/m0/s1. The number of aromatic hydroxyl groups is 1. The van der Waals surface area contributed by atoms with Crippen molar-refractivity contribution in [1.82, 2.24) is 4.90 Å². The summed E-state index contributed by atoms with van der Waals surface area (Å²) in [5.41, 5.74) is 0.714. The van der Waals surface area contributed by atoms with Gasteiger partial charge in [0.2, 0.25) is 0 Å².